The summed E-state index contributed by atoms with van der Waals surface area (Å²) < 4.78 is 17.0. The second-order valence-corrected chi connectivity index (χ2v) is 14.6. The van der Waals surface area contributed by atoms with Crippen LogP contribution in [-0.4, -0.2) is 9.13 Å². The average Bonchev–Trinajstić information content (AvgIpc) is 4.03. The zero-order chi connectivity index (χ0) is 38.6. The monoisotopic (exact) mass is 739 g/mol. The number of benzene rings is 8. The van der Waals surface area contributed by atoms with Gasteiger partial charge in [-0.25, -0.2) is 0 Å². The van der Waals surface area contributed by atoms with Crippen LogP contribution in [-0.2, 0) is 0 Å². The van der Waals surface area contributed by atoms with Crippen molar-refractivity contribution in [2.45, 2.75) is 0 Å². The van der Waals surface area contributed by atoms with Gasteiger partial charge >= 0.3 is 0 Å². The highest BCUT2D eigenvalue weighted by Gasteiger charge is 2.24. The number of hydrogen-bond acceptors (Lipinski definition) is 5. The Labute approximate surface area is 329 Å². The van der Waals surface area contributed by atoms with Gasteiger partial charge in [-0.3, -0.25) is 0 Å². The molecule has 12 rings (SSSR count). The van der Waals surface area contributed by atoms with Gasteiger partial charge in [-0.15, -0.1) is 0 Å². The van der Waals surface area contributed by atoms with Gasteiger partial charge in [0.25, 0.3) is 0 Å². The number of rotatable bonds is 3. The van der Waals surface area contributed by atoms with Crippen LogP contribution >= 0.6 is 0 Å². The van der Waals surface area contributed by atoms with Crippen LogP contribution in [0.3, 0.4) is 0 Å². The molecule has 8 aromatic carbocycles. The van der Waals surface area contributed by atoms with Gasteiger partial charge in [0.05, 0.1) is 67.7 Å². The molecule has 0 fully saturated rings. The van der Waals surface area contributed by atoms with E-state index in [4.69, 9.17) is 8.83 Å². The molecule has 0 unspecified atom stereocenters. The summed E-state index contributed by atoms with van der Waals surface area (Å²) in [5.74, 6) is 0. The van der Waals surface area contributed by atoms with E-state index in [1.165, 1.54) is 0 Å². The van der Waals surface area contributed by atoms with Crippen LogP contribution in [0.2, 0.25) is 0 Å². The van der Waals surface area contributed by atoms with Crippen molar-refractivity contribution in [3.63, 3.8) is 0 Å². The van der Waals surface area contributed by atoms with Crippen LogP contribution in [0.1, 0.15) is 16.7 Å². The Morgan fingerprint density at radius 1 is 0.397 bits per heavy atom. The first-order chi connectivity index (χ1) is 28.6. The van der Waals surface area contributed by atoms with Crippen LogP contribution in [0.5, 0.6) is 0 Å². The number of nitrogens with zero attached hydrogens (tertiary/aromatic N) is 5. The van der Waals surface area contributed by atoms with E-state index in [9.17, 15) is 15.8 Å². The van der Waals surface area contributed by atoms with Crippen LogP contribution < -0.4 is 0 Å². The maximum atomic E-state index is 10.9. The molecule has 0 aliphatic carbocycles. The Bertz CT molecular complexity index is 3870. The number of hydrogen-bond donors (Lipinski definition) is 0. The van der Waals surface area contributed by atoms with Gasteiger partial charge in [0.2, 0.25) is 0 Å². The van der Waals surface area contributed by atoms with Gasteiger partial charge < -0.3 is 18.0 Å². The molecule has 7 heteroatoms. The van der Waals surface area contributed by atoms with E-state index in [-0.39, 0.29) is 0 Å². The molecule has 7 nitrogen and oxygen atoms in total. The normalized spacial score (nSPS) is 11.7. The molecule has 0 aliphatic heterocycles. The zero-order valence-corrected chi connectivity index (χ0v) is 30.5. The van der Waals surface area contributed by atoms with E-state index in [0.29, 0.717) is 33.5 Å². The Balaban J connectivity index is 1.14. The molecule has 0 atom stereocenters. The highest BCUT2D eigenvalue weighted by atomic mass is 16.3. The maximum absolute atomic E-state index is 10.9. The highest BCUT2D eigenvalue weighted by molar-refractivity contribution is 6.26. The van der Waals surface area contributed by atoms with E-state index < -0.39 is 0 Å². The van der Waals surface area contributed by atoms with Crippen molar-refractivity contribution in [3.05, 3.63) is 168 Å². The van der Waals surface area contributed by atoms with Crippen molar-refractivity contribution in [2.75, 3.05) is 0 Å². The lowest BCUT2D eigenvalue weighted by Crippen LogP contribution is -2.01. The quantitative estimate of drug-likeness (QED) is 0.179. The van der Waals surface area contributed by atoms with E-state index >= 15 is 0 Å². The van der Waals surface area contributed by atoms with Crippen molar-refractivity contribution < 1.29 is 8.83 Å². The first-order valence-corrected chi connectivity index (χ1v) is 18.8. The lowest BCUT2D eigenvalue weighted by molar-refractivity contribution is 0.669. The summed E-state index contributed by atoms with van der Waals surface area (Å²) in [5, 5.41) is 40.4. The van der Waals surface area contributed by atoms with Crippen molar-refractivity contribution >= 4 is 87.5 Å². The molecule has 0 N–H and O–H groups in total. The second kappa shape index (κ2) is 11.7. The van der Waals surface area contributed by atoms with Gasteiger partial charge in [-0.1, -0.05) is 72.8 Å². The SMILES string of the molecule is N#Cc1cc(-c2c(C#N)cc(-n3c4ccccc4c4ccc5oc6ccccc6c5c43)cc2C#N)cc(-n2c3ccccc3c3ccc4oc5ccccc5c4c32)c1. The summed E-state index contributed by atoms with van der Waals surface area (Å²) >= 11 is 0. The van der Waals surface area contributed by atoms with Gasteiger partial charge in [-0.2, -0.15) is 15.8 Å². The second-order valence-electron chi connectivity index (χ2n) is 14.6. The molecule has 0 saturated carbocycles. The zero-order valence-electron chi connectivity index (χ0n) is 30.5. The predicted molar refractivity (Wildman–Crippen MR) is 229 cm³/mol. The minimum Gasteiger partial charge on any atom is -0.456 e. The van der Waals surface area contributed by atoms with E-state index in [1.54, 1.807) is 6.07 Å². The molecular weight excluding hydrogens is 715 g/mol. The maximum Gasteiger partial charge on any atom is 0.137 e. The fourth-order valence-electron chi connectivity index (χ4n) is 9.26. The summed E-state index contributed by atoms with van der Waals surface area (Å²) in [7, 11) is 0. The highest BCUT2D eigenvalue weighted by Crippen LogP contribution is 2.44. The number of fused-ring (bicyclic) bond motifs is 14. The van der Waals surface area contributed by atoms with Crippen molar-refractivity contribution in [1.82, 2.24) is 9.13 Å². The lowest BCUT2D eigenvalue weighted by atomic mass is 9.93. The molecule has 4 heterocycles. The Hall–Kier alpha value is -8.57. The Morgan fingerprint density at radius 3 is 1.36 bits per heavy atom. The summed E-state index contributed by atoms with van der Waals surface area (Å²) in [6.07, 6.45) is 0. The van der Waals surface area contributed by atoms with E-state index in [0.717, 1.165) is 93.2 Å². The van der Waals surface area contributed by atoms with Crippen LogP contribution in [0, 0.1) is 34.0 Å². The van der Waals surface area contributed by atoms with E-state index in [2.05, 4.69) is 75.9 Å². The third-order valence-electron chi connectivity index (χ3n) is 11.6. The molecule has 4 aromatic heterocycles. The molecule has 0 spiro atoms. The lowest BCUT2D eigenvalue weighted by Gasteiger charge is -2.16. The molecule has 0 saturated heterocycles. The summed E-state index contributed by atoms with van der Waals surface area (Å²) in [4.78, 5) is 0. The van der Waals surface area contributed by atoms with Gasteiger partial charge in [0.1, 0.15) is 22.3 Å². The Kier molecular flexibility index (Phi) is 6.41. The smallest absolute Gasteiger partial charge is 0.137 e. The Morgan fingerprint density at radius 2 is 0.862 bits per heavy atom. The minimum absolute atomic E-state index is 0.315. The first kappa shape index (κ1) is 31.7. The number of nitriles is 3. The first-order valence-electron chi connectivity index (χ1n) is 18.8. The third-order valence-corrected chi connectivity index (χ3v) is 11.6. The van der Waals surface area contributed by atoms with E-state index in [1.807, 2.05) is 97.1 Å². The van der Waals surface area contributed by atoms with Gasteiger partial charge in [-0.05, 0) is 84.4 Å². The summed E-state index contributed by atoms with van der Waals surface area (Å²) in [6, 6.07) is 57.1. The molecule has 266 valence electrons. The number of aromatic nitrogens is 2. The van der Waals surface area contributed by atoms with Crippen LogP contribution in [0.4, 0.5) is 0 Å². The molecule has 0 aliphatic rings. The van der Waals surface area contributed by atoms with Crippen molar-refractivity contribution in [3.8, 4) is 40.7 Å². The molecule has 0 radical (unpaired) electrons. The summed E-state index contributed by atoms with van der Waals surface area (Å²) in [5.41, 5.74) is 10.3. The minimum atomic E-state index is 0.315. The number of para-hydroxylation sites is 4. The van der Waals surface area contributed by atoms with Gasteiger partial charge in [0.15, 0.2) is 0 Å². The van der Waals surface area contributed by atoms with Gasteiger partial charge in [0, 0.05) is 49.3 Å². The number of furan rings is 2. The predicted octanol–water partition coefficient (Wildman–Crippen LogP) is 13.0. The van der Waals surface area contributed by atoms with Crippen molar-refractivity contribution in [1.29, 1.82) is 15.8 Å². The molecule has 0 amide bonds. The standard InChI is InChI=1S/C51H25N5O2/c52-26-29-21-30(23-33(22-29)55-41-13-5-1-9-35(41)37-17-19-45-48(50(37)55)39-11-3-7-15-43(39)57-45)47-31(27-53)24-34(25-32(47)28-54)56-42-14-6-2-10-36(42)38-18-20-46-49(51(38)56)40-12-4-8-16-44(40)58-46/h1-25H. The summed E-state index contributed by atoms with van der Waals surface area (Å²) in [6.45, 7) is 0. The molecule has 12 aromatic rings. The van der Waals surface area contributed by atoms with Crippen LogP contribution in [0.15, 0.2) is 160 Å². The molecular formula is C51H25N5O2. The topological polar surface area (TPSA) is 108 Å². The molecule has 58 heavy (non-hydrogen) atoms. The fourth-order valence-corrected chi connectivity index (χ4v) is 9.26. The largest absolute Gasteiger partial charge is 0.456 e. The molecule has 0 bridgehead atoms. The van der Waals surface area contributed by atoms with Crippen LogP contribution in [0.25, 0.3) is 110 Å². The third kappa shape index (κ3) is 4.23. The average molecular weight is 740 g/mol. The fraction of sp³-hybridized carbons (Fsp3) is 0. The van der Waals surface area contributed by atoms with Crippen molar-refractivity contribution in [2.24, 2.45) is 0 Å².